The lowest BCUT2D eigenvalue weighted by Gasteiger charge is -2.29. The number of nitrogens with zero attached hydrogens (tertiary/aromatic N) is 3. The van der Waals surface area contributed by atoms with E-state index >= 15 is 0 Å². The van der Waals surface area contributed by atoms with E-state index in [1.54, 1.807) is 0 Å². The number of rotatable bonds is 3. The molecule has 5 nitrogen and oxygen atoms in total. The molecular weight excluding hydrogens is 346 g/mol. The van der Waals surface area contributed by atoms with Crippen LogP contribution in [0.4, 0.5) is 13.9 Å². The second-order valence-electron chi connectivity index (χ2n) is 6.84. The van der Waals surface area contributed by atoms with Crippen LogP contribution in [-0.4, -0.2) is 59.5 Å². The highest BCUT2D eigenvalue weighted by Crippen LogP contribution is 2.30. The van der Waals surface area contributed by atoms with E-state index in [2.05, 4.69) is 27.1 Å². The zero-order valence-electron chi connectivity index (χ0n) is 14.0. The van der Waals surface area contributed by atoms with Crippen LogP contribution in [0.5, 0.6) is 0 Å². The Labute approximate surface area is 148 Å². The average molecular weight is 366 g/mol. The largest absolute Gasteiger partial charge is 0.305 e. The number of thiazole rings is 1. The summed E-state index contributed by atoms with van der Waals surface area (Å²) in [6, 6.07) is 2.28. The van der Waals surface area contributed by atoms with Crippen molar-refractivity contribution in [2.75, 3.05) is 32.0 Å². The van der Waals surface area contributed by atoms with Gasteiger partial charge < -0.3 is 10.2 Å². The van der Waals surface area contributed by atoms with Crippen molar-refractivity contribution in [2.45, 2.75) is 31.3 Å². The van der Waals surface area contributed by atoms with Crippen molar-refractivity contribution in [3.8, 4) is 0 Å². The summed E-state index contributed by atoms with van der Waals surface area (Å²) >= 11 is 1.10. The summed E-state index contributed by atoms with van der Waals surface area (Å²) in [5.41, 5.74) is 0.0994. The molecule has 1 aromatic carbocycles. The van der Waals surface area contributed by atoms with Crippen LogP contribution >= 0.6 is 11.3 Å². The van der Waals surface area contributed by atoms with Crippen molar-refractivity contribution in [3.63, 3.8) is 0 Å². The highest BCUT2D eigenvalue weighted by Gasteiger charge is 2.37. The Balaban J connectivity index is 1.50. The van der Waals surface area contributed by atoms with Crippen molar-refractivity contribution in [2.24, 2.45) is 0 Å². The molecule has 4 rings (SSSR count). The molecule has 2 saturated heterocycles. The number of amides is 1. The third-order valence-corrected chi connectivity index (χ3v) is 5.99. The molecule has 3 heterocycles. The summed E-state index contributed by atoms with van der Waals surface area (Å²) in [6.07, 6.45) is 2.89. The molecule has 2 aliphatic rings. The van der Waals surface area contributed by atoms with E-state index in [0.717, 1.165) is 56.3 Å². The Morgan fingerprint density at radius 1 is 1.32 bits per heavy atom. The Morgan fingerprint density at radius 2 is 2.16 bits per heavy atom. The van der Waals surface area contributed by atoms with Gasteiger partial charge in [0.2, 0.25) is 5.91 Å². The van der Waals surface area contributed by atoms with Crippen LogP contribution < -0.4 is 5.32 Å². The number of hydrogen-bond donors (Lipinski definition) is 1. The molecule has 0 bridgehead atoms. The van der Waals surface area contributed by atoms with Crippen LogP contribution in [0.1, 0.15) is 19.3 Å². The number of carbonyl (C=O) groups excluding carboxylic acids is 1. The number of fused-ring (bicyclic) bond motifs is 1. The first-order valence-corrected chi connectivity index (χ1v) is 9.33. The zero-order valence-corrected chi connectivity index (χ0v) is 14.8. The standard InChI is InChI=1S/C17H20F2N4OS/c1-22-6-4-11(9-22)23-5-2-3-13(23)16(24)21-17-20-15-12(19)7-10(18)8-14(15)25-17/h7-8,11,13H,2-6,9H2,1H3,(H,20,21,24). The second kappa shape index (κ2) is 6.59. The molecule has 0 aliphatic carbocycles. The van der Waals surface area contributed by atoms with Crippen molar-refractivity contribution in [1.82, 2.24) is 14.8 Å². The van der Waals surface area contributed by atoms with Gasteiger partial charge in [0.1, 0.15) is 11.3 Å². The minimum atomic E-state index is -0.705. The molecule has 25 heavy (non-hydrogen) atoms. The molecule has 1 N–H and O–H groups in total. The molecular formula is C17H20F2N4OS. The van der Waals surface area contributed by atoms with E-state index in [1.807, 2.05) is 0 Å². The maximum absolute atomic E-state index is 13.8. The van der Waals surface area contributed by atoms with Gasteiger partial charge in [-0.1, -0.05) is 11.3 Å². The average Bonchev–Trinajstić information content (AvgIpc) is 3.25. The monoisotopic (exact) mass is 366 g/mol. The third kappa shape index (κ3) is 3.26. The van der Waals surface area contributed by atoms with Crippen LogP contribution in [0.3, 0.4) is 0 Å². The maximum atomic E-state index is 13.8. The van der Waals surface area contributed by atoms with Gasteiger partial charge in [0.25, 0.3) is 0 Å². The fourth-order valence-electron chi connectivity index (χ4n) is 3.89. The smallest absolute Gasteiger partial charge is 0.243 e. The molecule has 2 aromatic rings. The maximum Gasteiger partial charge on any atom is 0.243 e. The molecule has 0 saturated carbocycles. The van der Waals surface area contributed by atoms with Crippen LogP contribution in [0.2, 0.25) is 0 Å². The van der Waals surface area contributed by atoms with E-state index < -0.39 is 11.6 Å². The number of halogens is 2. The second-order valence-corrected chi connectivity index (χ2v) is 7.87. The Kier molecular flexibility index (Phi) is 4.43. The Hall–Kier alpha value is -1.64. The molecule has 2 aliphatic heterocycles. The van der Waals surface area contributed by atoms with Crippen molar-refractivity contribution in [3.05, 3.63) is 23.8 Å². The van der Waals surface area contributed by atoms with E-state index in [0.29, 0.717) is 15.9 Å². The van der Waals surface area contributed by atoms with Crippen LogP contribution in [-0.2, 0) is 4.79 Å². The molecule has 1 amide bonds. The summed E-state index contributed by atoms with van der Waals surface area (Å²) in [4.78, 5) is 21.4. The lowest BCUT2D eigenvalue weighted by molar-refractivity contribution is -0.121. The number of likely N-dealkylation sites (tertiary alicyclic amines) is 2. The first kappa shape index (κ1) is 16.8. The van der Waals surface area contributed by atoms with Gasteiger partial charge in [-0.2, -0.15) is 0 Å². The SMILES string of the molecule is CN1CCC(N2CCCC2C(=O)Nc2nc3c(F)cc(F)cc3s2)C1. The number of nitrogens with one attached hydrogen (secondary N) is 1. The van der Waals surface area contributed by atoms with Gasteiger partial charge in [-0.3, -0.25) is 9.69 Å². The van der Waals surface area contributed by atoms with Gasteiger partial charge in [0.15, 0.2) is 10.9 Å². The first-order valence-electron chi connectivity index (χ1n) is 8.52. The number of hydrogen-bond acceptors (Lipinski definition) is 5. The number of aromatic nitrogens is 1. The van der Waals surface area contributed by atoms with Crippen LogP contribution in [0.25, 0.3) is 10.2 Å². The number of likely N-dealkylation sites (N-methyl/N-ethyl adjacent to an activating group) is 1. The fraction of sp³-hybridized carbons (Fsp3) is 0.529. The number of anilines is 1. The van der Waals surface area contributed by atoms with Crippen molar-refractivity contribution >= 4 is 32.6 Å². The molecule has 0 spiro atoms. The van der Waals surface area contributed by atoms with E-state index in [-0.39, 0.29) is 17.5 Å². The molecule has 2 atom stereocenters. The van der Waals surface area contributed by atoms with E-state index in [9.17, 15) is 13.6 Å². The molecule has 134 valence electrons. The minimum absolute atomic E-state index is 0.0994. The van der Waals surface area contributed by atoms with E-state index in [1.165, 1.54) is 6.07 Å². The normalized spacial score (nSPS) is 25.1. The van der Waals surface area contributed by atoms with Crippen molar-refractivity contribution < 1.29 is 13.6 Å². The topological polar surface area (TPSA) is 48.5 Å². The predicted octanol–water partition coefficient (Wildman–Crippen LogP) is 2.68. The van der Waals surface area contributed by atoms with Crippen LogP contribution in [0, 0.1) is 11.6 Å². The van der Waals surface area contributed by atoms with Crippen LogP contribution in [0.15, 0.2) is 12.1 Å². The highest BCUT2D eigenvalue weighted by atomic mass is 32.1. The predicted molar refractivity (Wildman–Crippen MR) is 93.8 cm³/mol. The number of benzene rings is 1. The van der Waals surface area contributed by atoms with Gasteiger partial charge in [-0.25, -0.2) is 13.8 Å². The van der Waals surface area contributed by atoms with Crippen molar-refractivity contribution in [1.29, 1.82) is 0 Å². The van der Waals surface area contributed by atoms with Gasteiger partial charge in [0, 0.05) is 18.7 Å². The summed E-state index contributed by atoms with van der Waals surface area (Å²) in [5.74, 6) is -1.45. The lowest BCUT2D eigenvalue weighted by Crippen LogP contribution is -2.46. The van der Waals surface area contributed by atoms with Gasteiger partial charge in [-0.05, 0) is 45.5 Å². The minimum Gasteiger partial charge on any atom is -0.305 e. The summed E-state index contributed by atoms with van der Waals surface area (Å²) in [6.45, 7) is 2.96. The first-order chi connectivity index (χ1) is 12.0. The third-order valence-electron chi connectivity index (χ3n) is 5.08. The zero-order chi connectivity index (χ0) is 17.6. The quantitative estimate of drug-likeness (QED) is 0.907. The summed E-state index contributed by atoms with van der Waals surface area (Å²) < 4.78 is 27.5. The lowest BCUT2D eigenvalue weighted by atomic mass is 10.1. The fourth-order valence-corrected chi connectivity index (χ4v) is 4.80. The molecule has 0 radical (unpaired) electrons. The summed E-state index contributed by atoms with van der Waals surface area (Å²) in [7, 11) is 2.10. The molecule has 2 unspecified atom stereocenters. The van der Waals surface area contributed by atoms with Gasteiger partial charge in [0.05, 0.1) is 10.7 Å². The summed E-state index contributed by atoms with van der Waals surface area (Å²) in [5, 5.41) is 3.13. The number of carbonyl (C=O) groups is 1. The van der Waals surface area contributed by atoms with Gasteiger partial charge in [-0.15, -0.1) is 0 Å². The highest BCUT2D eigenvalue weighted by molar-refractivity contribution is 7.22. The van der Waals surface area contributed by atoms with E-state index in [4.69, 9.17) is 0 Å². The Morgan fingerprint density at radius 3 is 2.92 bits per heavy atom. The molecule has 8 heteroatoms. The Bertz CT molecular complexity index is 811. The molecule has 2 fully saturated rings. The molecule has 1 aromatic heterocycles. The van der Waals surface area contributed by atoms with Gasteiger partial charge >= 0.3 is 0 Å².